The van der Waals surface area contributed by atoms with Gasteiger partial charge in [-0.2, -0.15) is 13.2 Å². The van der Waals surface area contributed by atoms with Gasteiger partial charge in [0.1, 0.15) is 53.6 Å². The molecule has 600 valence electrons. The summed E-state index contributed by atoms with van der Waals surface area (Å²) < 4.78 is 63.5. The maximum absolute atomic E-state index is 15.8. The Morgan fingerprint density at radius 1 is 0.639 bits per heavy atom. The van der Waals surface area contributed by atoms with E-state index in [0.717, 1.165) is 70.4 Å². The molecule has 25 nitrogen and oxygen atoms in total. The number of hydrogen-bond donors (Lipinski definition) is 3. The number of carbonyl (C=O) groups excluding carboxylic acids is 12. The minimum Gasteiger partial charge on any atom is -0.372 e. The molecule has 3 N–H and O–H groups in total. The average Bonchev–Trinajstić information content (AvgIpc) is 1.55. The smallest absolute Gasteiger partial charge is 0.372 e. The van der Waals surface area contributed by atoms with Crippen molar-refractivity contribution in [2.45, 2.75) is 244 Å². The molecule has 7 rings (SSSR count). The van der Waals surface area contributed by atoms with Gasteiger partial charge in [0, 0.05) is 75.4 Å². The Kier molecular flexibility index (Phi) is 31.3. The predicted octanol–water partition coefficient (Wildman–Crippen LogP) is 6.88. The van der Waals surface area contributed by atoms with E-state index in [1.54, 1.807) is 11.8 Å². The Balaban J connectivity index is 1.33. The van der Waals surface area contributed by atoms with E-state index in [2.05, 4.69) is 16.0 Å². The van der Waals surface area contributed by atoms with Gasteiger partial charge in [-0.1, -0.05) is 123 Å². The first kappa shape index (κ1) is 87.0. The van der Waals surface area contributed by atoms with Crippen LogP contribution in [-0.2, 0) is 81.5 Å². The van der Waals surface area contributed by atoms with Gasteiger partial charge in [0.15, 0.2) is 0 Å². The Morgan fingerprint density at radius 2 is 1.24 bits per heavy atom. The number of aryl methyl sites for hydroxylation is 2. The van der Waals surface area contributed by atoms with Crippen molar-refractivity contribution in [3.05, 3.63) is 70.5 Å². The van der Waals surface area contributed by atoms with E-state index in [1.165, 1.54) is 73.8 Å². The van der Waals surface area contributed by atoms with E-state index in [4.69, 9.17) is 4.74 Å². The van der Waals surface area contributed by atoms with Crippen LogP contribution in [0.4, 0.5) is 17.6 Å². The number of carbonyl (C=O) groups is 12. The third kappa shape index (κ3) is 22.5. The van der Waals surface area contributed by atoms with Gasteiger partial charge < -0.3 is 64.8 Å². The Bertz CT molecular complexity index is 3520. The monoisotopic (exact) mass is 1520 g/mol. The molecule has 2 saturated carbocycles. The lowest BCUT2D eigenvalue weighted by Crippen LogP contribution is -2.64. The molecule has 0 unspecified atom stereocenters. The number of amides is 12. The highest BCUT2D eigenvalue weighted by Crippen LogP contribution is 2.37. The molecule has 29 heteroatoms. The number of nitrogens with zero attached hydrogens (tertiary/aromatic N) is 9. The first-order chi connectivity index (χ1) is 50.9. The van der Waals surface area contributed by atoms with Crippen molar-refractivity contribution in [2.75, 3.05) is 88.6 Å². The van der Waals surface area contributed by atoms with Crippen molar-refractivity contribution in [2.24, 2.45) is 23.7 Å². The van der Waals surface area contributed by atoms with E-state index in [1.807, 2.05) is 65.8 Å². The molecule has 12 amide bonds. The summed E-state index contributed by atoms with van der Waals surface area (Å²) in [6.07, 6.45) is 0.894. The van der Waals surface area contributed by atoms with E-state index in [-0.39, 0.29) is 87.8 Å². The SMILES string of the molecule is CC[C@H](C)[C@@H]1NC(=O)[C@H](CC(C)C)N(C)C(=O)C[C@@H](C(=O)N2CCCCC2)N(C)C(=O)[C@H](CC(C)C)N(C)C(=O)C2(CCCC2)NC(=O)[C@@H]2C[C@H](OCc3ccccc3C)CN2C(=O)[C@H](CCc2ccc(C(F)(F)F)c(F)c2)NC(=O)CN(C)C(=O)[C@H](CC2CCCCC2)N(C)C(=O)CN(C)C(=O)CN(C)C1=O. The second-order valence-corrected chi connectivity index (χ2v) is 31.9. The van der Waals surface area contributed by atoms with Crippen LogP contribution in [0.2, 0.25) is 0 Å². The number of rotatable bonds is 15. The summed E-state index contributed by atoms with van der Waals surface area (Å²) in [6, 6.07) is 0.352. The number of piperidine rings is 1. The lowest BCUT2D eigenvalue weighted by Gasteiger charge is -2.41. The predicted molar refractivity (Wildman–Crippen MR) is 397 cm³/mol. The fourth-order valence-electron chi connectivity index (χ4n) is 15.7. The molecule has 3 aliphatic heterocycles. The van der Waals surface area contributed by atoms with Crippen molar-refractivity contribution < 1.29 is 79.8 Å². The van der Waals surface area contributed by atoms with Crippen LogP contribution in [0.5, 0.6) is 0 Å². The molecular formula is C79H118F4N12O13. The van der Waals surface area contributed by atoms with Gasteiger partial charge in [0.25, 0.3) is 0 Å². The minimum absolute atomic E-state index is 0.0226. The van der Waals surface area contributed by atoms with Gasteiger partial charge in [0.05, 0.1) is 44.3 Å². The number of benzene rings is 2. The molecule has 108 heavy (non-hydrogen) atoms. The highest BCUT2D eigenvalue weighted by atomic mass is 19.4. The van der Waals surface area contributed by atoms with Crippen molar-refractivity contribution in [3.8, 4) is 0 Å². The van der Waals surface area contributed by atoms with Crippen LogP contribution in [0.1, 0.15) is 186 Å². The van der Waals surface area contributed by atoms with Crippen molar-refractivity contribution in [1.82, 2.24) is 60.0 Å². The Labute approximate surface area is 634 Å². The number of likely N-dealkylation sites (N-methyl/N-ethyl adjacent to an activating group) is 7. The largest absolute Gasteiger partial charge is 0.419 e. The molecule has 1 spiro atoms. The molecular weight excluding hydrogens is 1400 g/mol. The molecule has 0 aromatic heterocycles. The zero-order chi connectivity index (χ0) is 79.8. The number of halogens is 4. The first-order valence-electron chi connectivity index (χ1n) is 38.7. The van der Waals surface area contributed by atoms with E-state index in [0.29, 0.717) is 57.3 Å². The topological polar surface area (TPSA) is 279 Å². The van der Waals surface area contributed by atoms with Gasteiger partial charge >= 0.3 is 6.18 Å². The van der Waals surface area contributed by atoms with Gasteiger partial charge in [-0.25, -0.2) is 4.39 Å². The molecule has 3 saturated heterocycles. The third-order valence-electron chi connectivity index (χ3n) is 22.8. The van der Waals surface area contributed by atoms with Crippen LogP contribution < -0.4 is 16.0 Å². The fourth-order valence-corrected chi connectivity index (χ4v) is 15.7. The molecule has 9 atom stereocenters. The second-order valence-electron chi connectivity index (χ2n) is 31.9. The van der Waals surface area contributed by atoms with Crippen LogP contribution in [0.15, 0.2) is 42.5 Å². The highest BCUT2D eigenvalue weighted by molar-refractivity contribution is 6.01. The number of likely N-dealkylation sites (tertiary alicyclic amines) is 1. The zero-order valence-corrected chi connectivity index (χ0v) is 65.9. The third-order valence-corrected chi connectivity index (χ3v) is 22.8. The number of alkyl halides is 3. The minimum atomic E-state index is -5.03. The van der Waals surface area contributed by atoms with Crippen LogP contribution in [0.25, 0.3) is 0 Å². The molecule has 0 bridgehead atoms. The Morgan fingerprint density at radius 3 is 1.85 bits per heavy atom. The molecule has 0 radical (unpaired) electrons. The van der Waals surface area contributed by atoms with Crippen LogP contribution in [0.3, 0.4) is 0 Å². The van der Waals surface area contributed by atoms with E-state index < -0.39 is 174 Å². The van der Waals surface area contributed by atoms with Gasteiger partial charge in [-0.15, -0.1) is 0 Å². The Hall–Kier alpha value is -8.24. The highest BCUT2D eigenvalue weighted by Gasteiger charge is 2.52. The number of ether oxygens (including phenoxy) is 1. The number of nitrogens with one attached hydrogen (secondary N) is 3. The van der Waals surface area contributed by atoms with Crippen molar-refractivity contribution in [1.29, 1.82) is 0 Å². The summed E-state index contributed by atoms with van der Waals surface area (Å²) >= 11 is 0. The molecule has 2 aliphatic carbocycles. The maximum Gasteiger partial charge on any atom is 0.419 e. The number of hydrogen-bond acceptors (Lipinski definition) is 13. The fraction of sp³-hybridized carbons (Fsp3) is 0.696. The summed E-state index contributed by atoms with van der Waals surface area (Å²) in [5, 5.41) is 8.70. The van der Waals surface area contributed by atoms with Gasteiger partial charge in [-0.3, -0.25) is 57.5 Å². The van der Waals surface area contributed by atoms with E-state index >= 15 is 38.0 Å². The summed E-state index contributed by atoms with van der Waals surface area (Å²) in [4.78, 5) is 192. The van der Waals surface area contributed by atoms with E-state index in [9.17, 15) is 37.1 Å². The molecule has 5 aliphatic rings. The average molecular weight is 1520 g/mol. The molecule has 2 aromatic rings. The lowest BCUT2D eigenvalue weighted by atomic mass is 9.84. The maximum atomic E-state index is 15.8. The molecule has 3 heterocycles. The van der Waals surface area contributed by atoms with Crippen molar-refractivity contribution >= 4 is 70.9 Å². The van der Waals surface area contributed by atoms with Crippen LogP contribution in [-0.4, -0.2) is 258 Å². The van der Waals surface area contributed by atoms with Crippen LogP contribution in [0, 0.1) is 36.4 Å². The summed E-state index contributed by atoms with van der Waals surface area (Å²) in [6.45, 7) is 11.5. The van der Waals surface area contributed by atoms with Gasteiger partial charge in [-0.05, 0) is 124 Å². The standard InChI is InChI=1S/C79H118F4N12O13/c1-15-51(6)69-76(106)89(10)46-67(98)87(8)47-68(99)91(12)63(41-53-27-18-16-19-28-53)73(103)88(9)45-65(96)84-59(33-31-54-30-32-57(58(80)40-54)79(81,82)83)72(102)95-44-56(108-48-55-29-21-20-26-52(55)7)42-61(95)71(101)86-78(34-22-23-35-78)77(107)93(14)62(39-50(4)5)74(104)92(13)64(75(105)94-36-24-17-25-37-94)43-66(97)90(11)60(38-49(2)3)70(100)85-69/h20-21,26,29-30,32,40,49-51,53,56,59-64,69H,15-19,22-25,27-28,31,33-39,41-48H2,1-14H3,(H,84,96)(H,85,100)(H,86,101)/t51-,56-,59-,60-,61-,62-,63-,64-,69-/m0/s1. The van der Waals surface area contributed by atoms with Gasteiger partial charge in [0.2, 0.25) is 70.9 Å². The molecule has 5 fully saturated rings. The second kappa shape index (κ2) is 38.9. The zero-order valence-electron chi connectivity index (χ0n) is 65.9. The quantitative estimate of drug-likeness (QED) is 0.154. The lowest BCUT2D eigenvalue weighted by molar-refractivity contribution is -0.155. The van der Waals surface area contributed by atoms with Crippen molar-refractivity contribution in [3.63, 3.8) is 0 Å². The summed E-state index contributed by atoms with van der Waals surface area (Å²) in [7, 11) is 9.77. The summed E-state index contributed by atoms with van der Waals surface area (Å²) in [5.41, 5.74) is -1.49. The normalized spacial score (nSPS) is 25.5. The first-order valence-corrected chi connectivity index (χ1v) is 38.7. The van der Waals surface area contributed by atoms with Crippen LogP contribution >= 0.6 is 0 Å². The molecule has 2 aromatic carbocycles. The number of fused-ring (bicyclic) bond motifs is 1. The summed E-state index contributed by atoms with van der Waals surface area (Å²) in [5.74, 6) is -11.0.